The molecule has 0 spiro atoms. The van der Waals surface area contributed by atoms with E-state index < -0.39 is 0 Å². The number of nitrogens with zero attached hydrogens (tertiary/aromatic N) is 1. The van der Waals surface area contributed by atoms with Crippen LogP contribution in [0, 0.1) is 0 Å². The molecule has 2 nitrogen and oxygen atoms in total. The highest BCUT2D eigenvalue weighted by atomic mass is 32.1. The number of nitrogens with one attached hydrogen (secondary N) is 1. The van der Waals surface area contributed by atoms with Crippen molar-refractivity contribution < 1.29 is 0 Å². The van der Waals surface area contributed by atoms with Crippen molar-refractivity contribution in [3.8, 4) is 0 Å². The zero-order valence-corrected chi connectivity index (χ0v) is 11.2. The van der Waals surface area contributed by atoms with Crippen molar-refractivity contribution in [2.24, 2.45) is 0 Å². The molecule has 94 valence electrons. The highest BCUT2D eigenvalue weighted by Crippen LogP contribution is 2.37. The minimum atomic E-state index is 0.769. The summed E-state index contributed by atoms with van der Waals surface area (Å²) in [7, 11) is 0. The molecule has 1 aliphatic carbocycles. The number of aromatic nitrogens is 1. The molecule has 0 unspecified atom stereocenters. The summed E-state index contributed by atoms with van der Waals surface area (Å²) in [6.45, 7) is 0.956. The predicted octanol–water partition coefficient (Wildman–Crippen LogP) is 4.07. The number of hydrogen-bond acceptors (Lipinski definition) is 3. The lowest BCUT2D eigenvalue weighted by atomic mass is 9.86. The van der Waals surface area contributed by atoms with E-state index in [4.69, 9.17) is 4.98 Å². The molecule has 2 aromatic rings. The minimum Gasteiger partial charge on any atom is -0.385 e. The molecule has 3 rings (SSSR count). The summed E-state index contributed by atoms with van der Waals surface area (Å²) in [5.74, 6) is 0.769. The predicted molar refractivity (Wildman–Crippen MR) is 77.3 cm³/mol. The molecule has 0 atom stereocenters. The second-order valence-electron chi connectivity index (χ2n) is 4.85. The molecule has 0 amide bonds. The molecule has 1 saturated carbocycles. The Balaban J connectivity index is 1.49. The molecule has 1 N–H and O–H groups in total. The van der Waals surface area contributed by atoms with Crippen LogP contribution in [0.5, 0.6) is 0 Å². The molecule has 1 heterocycles. The Morgan fingerprint density at radius 1 is 1.22 bits per heavy atom. The fourth-order valence-corrected chi connectivity index (χ4v) is 3.20. The molecular formula is C15H18N2S. The van der Waals surface area contributed by atoms with Gasteiger partial charge in [0.25, 0.3) is 0 Å². The quantitative estimate of drug-likeness (QED) is 0.874. The van der Waals surface area contributed by atoms with Crippen LogP contribution in [0.1, 0.15) is 35.9 Å². The third-order valence-corrected chi connectivity index (χ3v) is 4.56. The molecule has 1 aromatic heterocycles. The topological polar surface area (TPSA) is 24.9 Å². The van der Waals surface area contributed by atoms with Gasteiger partial charge in [-0.3, -0.25) is 0 Å². The van der Waals surface area contributed by atoms with Gasteiger partial charge in [0.15, 0.2) is 0 Å². The van der Waals surface area contributed by atoms with Crippen LogP contribution in [0.2, 0.25) is 0 Å². The second kappa shape index (κ2) is 5.53. The number of rotatable bonds is 5. The van der Waals surface area contributed by atoms with E-state index in [1.165, 1.54) is 35.7 Å². The van der Waals surface area contributed by atoms with Gasteiger partial charge in [0, 0.05) is 30.0 Å². The van der Waals surface area contributed by atoms with Crippen molar-refractivity contribution >= 4 is 17.0 Å². The molecule has 0 bridgehead atoms. The normalized spacial score (nSPS) is 15.3. The summed E-state index contributed by atoms with van der Waals surface area (Å²) < 4.78 is 0. The van der Waals surface area contributed by atoms with Gasteiger partial charge in [-0.2, -0.15) is 0 Å². The average Bonchev–Trinajstić information content (AvgIpc) is 2.77. The monoisotopic (exact) mass is 258 g/mol. The van der Waals surface area contributed by atoms with Gasteiger partial charge in [-0.05, 0) is 25.0 Å². The van der Waals surface area contributed by atoms with Crippen LogP contribution < -0.4 is 5.32 Å². The van der Waals surface area contributed by atoms with Crippen LogP contribution in [0.15, 0.2) is 35.7 Å². The van der Waals surface area contributed by atoms with E-state index in [9.17, 15) is 0 Å². The molecule has 0 saturated heterocycles. The SMILES string of the molecule is c1ccc(NCCc2csc(C3CCC3)n2)cc1. The lowest BCUT2D eigenvalue weighted by Crippen LogP contribution is -2.09. The van der Waals surface area contributed by atoms with E-state index >= 15 is 0 Å². The smallest absolute Gasteiger partial charge is 0.0959 e. The summed E-state index contributed by atoms with van der Waals surface area (Å²) in [4.78, 5) is 4.74. The number of anilines is 1. The van der Waals surface area contributed by atoms with Crippen LogP contribution >= 0.6 is 11.3 Å². The molecule has 1 fully saturated rings. The van der Waals surface area contributed by atoms with E-state index in [1.54, 1.807) is 0 Å². The van der Waals surface area contributed by atoms with E-state index in [-0.39, 0.29) is 0 Å². The number of benzene rings is 1. The lowest BCUT2D eigenvalue weighted by molar-refractivity contribution is 0.418. The van der Waals surface area contributed by atoms with Crippen LogP contribution in [0.3, 0.4) is 0 Å². The average molecular weight is 258 g/mol. The minimum absolute atomic E-state index is 0.769. The summed E-state index contributed by atoms with van der Waals surface area (Å²) in [6, 6.07) is 10.3. The van der Waals surface area contributed by atoms with Crippen molar-refractivity contribution in [2.75, 3.05) is 11.9 Å². The van der Waals surface area contributed by atoms with Gasteiger partial charge in [0.2, 0.25) is 0 Å². The van der Waals surface area contributed by atoms with E-state index in [0.29, 0.717) is 0 Å². The second-order valence-corrected chi connectivity index (χ2v) is 5.74. The zero-order valence-electron chi connectivity index (χ0n) is 10.4. The summed E-state index contributed by atoms with van der Waals surface area (Å²) in [6.07, 6.45) is 5.08. The largest absolute Gasteiger partial charge is 0.385 e. The molecule has 1 aromatic carbocycles. The number of thiazole rings is 1. The fourth-order valence-electron chi connectivity index (χ4n) is 2.17. The van der Waals surface area contributed by atoms with Gasteiger partial charge in [0.1, 0.15) is 0 Å². The Kier molecular flexibility index (Phi) is 3.60. The van der Waals surface area contributed by atoms with Gasteiger partial charge < -0.3 is 5.32 Å². The fraction of sp³-hybridized carbons (Fsp3) is 0.400. The molecule has 0 radical (unpaired) electrons. The maximum Gasteiger partial charge on any atom is 0.0959 e. The standard InChI is InChI=1S/C15H18N2S/c1-2-7-13(8-3-1)16-10-9-14-11-18-15(17-14)12-5-4-6-12/h1-3,7-8,11-12,16H,4-6,9-10H2. The number of hydrogen-bond donors (Lipinski definition) is 1. The third-order valence-electron chi connectivity index (χ3n) is 3.51. The van der Waals surface area contributed by atoms with E-state index in [2.05, 4.69) is 35.0 Å². The molecule has 18 heavy (non-hydrogen) atoms. The van der Waals surface area contributed by atoms with Crippen molar-refractivity contribution in [3.05, 3.63) is 46.4 Å². The molecule has 1 aliphatic rings. The Morgan fingerprint density at radius 3 is 2.78 bits per heavy atom. The van der Waals surface area contributed by atoms with Crippen LogP contribution in [0.25, 0.3) is 0 Å². The van der Waals surface area contributed by atoms with Gasteiger partial charge >= 0.3 is 0 Å². The van der Waals surface area contributed by atoms with E-state index in [1.807, 2.05) is 17.4 Å². The number of para-hydroxylation sites is 1. The Hall–Kier alpha value is -1.35. The van der Waals surface area contributed by atoms with Crippen molar-refractivity contribution in [2.45, 2.75) is 31.6 Å². The molecular weight excluding hydrogens is 240 g/mol. The van der Waals surface area contributed by atoms with Crippen LogP contribution in [0.4, 0.5) is 5.69 Å². The highest BCUT2D eigenvalue weighted by molar-refractivity contribution is 7.09. The Morgan fingerprint density at radius 2 is 2.06 bits per heavy atom. The first-order chi connectivity index (χ1) is 8.92. The maximum absolute atomic E-state index is 4.74. The highest BCUT2D eigenvalue weighted by Gasteiger charge is 2.22. The van der Waals surface area contributed by atoms with Crippen molar-refractivity contribution in [1.82, 2.24) is 4.98 Å². The first-order valence-electron chi connectivity index (χ1n) is 6.65. The lowest BCUT2D eigenvalue weighted by Gasteiger charge is -2.22. The first kappa shape index (κ1) is 11.7. The summed E-state index contributed by atoms with van der Waals surface area (Å²) in [5, 5.41) is 7.00. The summed E-state index contributed by atoms with van der Waals surface area (Å²) in [5.41, 5.74) is 2.43. The Labute approximate surface area is 112 Å². The Bertz CT molecular complexity index is 488. The molecule has 3 heteroatoms. The summed E-state index contributed by atoms with van der Waals surface area (Å²) >= 11 is 1.84. The van der Waals surface area contributed by atoms with E-state index in [0.717, 1.165) is 18.9 Å². The van der Waals surface area contributed by atoms with Gasteiger partial charge in [0.05, 0.1) is 10.7 Å². The van der Waals surface area contributed by atoms with Crippen LogP contribution in [-0.2, 0) is 6.42 Å². The van der Waals surface area contributed by atoms with Crippen molar-refractivity contribution in [3.63, 3.8) is 0 Å². The van der Waals surface area contributed by atoms with Crippen LogP contribution in [-0.4, -0.2) is 11.5 Å². The molecule has 0 aliphatic heterocycles. The van der Waals surface area contributed by atoms with Crippen molar-refractivity contribution in [1.29, 1.82) is 0 Å². The zero-order chi connectivity index (χ0) is 12.2. The van der Waals surface area contributed by atoms with Gasteiger partial charge in [-0.25, -0.2) is 4.98 Å². The van der Waals surface area contributed by atoms with Gasteiger partial charge in [-0.15, -0.1) is 11.3 Å². The maximum atomic E-state index is 4.74. The van der Waals surface area contributed by atoms with Gasteiger partial charge in [-0.1, -0.05) is 24.6 Å². The first-order valence-corrected chi connectivity index (χ1v) is 7.53. The third kappa shape index (κ3) is 2.72.